The fourth-order valence-corrected chi connectivity index (χ4v) is 2.32. The van der Waals surface area contributed by atoms with Gasteiger partial charge in [0.25, 0.3) is 0 Å². The van der Waals surface area contributed by atoms with Crippen molar-refractivity contribution in [1.82, 2.24) is 15.1 Å². The maximum absolute atomic E-state index is 4.02. The lowest BCUT2D eigenvalue weighted by Gasteiger charge is -2.29. The number of aromatic nitrogens is 2. The van der Waals surface area contributed by atoms with Crippen LogP contribution >= 0.6 is 0 Å². The minimum absolute atomic E-state index is 0.648. The number of rotatable bonds is 5. The Balaban J connectivity index is 1.68. The van der Waals surface area contributed by atoms with Crippen molar-refractivity contribution in [3.8, 4) is 0 Å². The first-order valence-electron chi connectivity index (χ1n) is 6.58. The molecule has 1 unspecified atom stereocenters. The monoisotopic (exact) mass is 234 g/mol. The van der Waals surface area contributed by atoms with Gasteiger partial charge in [-0.1, -0.05) is 13.3 Å². The molecule has 1 aliphatic heterocycles. The number of piperidine rings is 1. The highest BCUT2D eigenvalue weighted by atomic mass is 15.2. The molecule has 0 bridgehead atoms. The molecule has 94 valence electrons. The van der Waals surface area contributed by atoms with E-state index >= 15 is 0 Å². The van der Waals surface area contributed by atoms with Crippen molar-refractivity contribution in [2.45, 2.75) is 26.2 Å². The highest BCUT2D eigenvalue weighted by Gasteiger charge is 2.13. The Bertz CT molecular complexity index is 308. The molecule has 1 atom stereocenters. The van der Waals surface area contributed by atoms with Crippen LogP contribution in [-0.4, -0.2) is 41.3 Å². The molecule has 1 aromatic rings. The minimum atomic E-state index is 0.648. The van der Waals surface area contributed by atoms with Crippen molar-refractivity contribution in [3.63, 3.8) is 0 Å². The first kappa shape index (κ1) is 12.3. The van der Waals surface area contributed by atoms with E-state index in [4.69, 9.17) is 0 Å². The predicted octanol–water partition coefficient (Wildman–Crippen LogP) is 2.01. The van der Waals surface area contributed by atoms with E-state index in [-0.39, 0.29) is 0 Å². The van der Waals surface area contributed by atoms with E-state index in [1.807, 2.05) is 12.1 Å². The van der Waals surface area contributed by atoms with Crippen molar-refractivity contribution in [1.29, 1.82) is 0 Å². The summed E-state index contributed by atoms with van der Waals surface area (Å²) in [4.78, 5) is 2.58. The fourth-order valence-electron chi connectivity index (χ4n) is 2.32. The van der Waals surface area contributed by atoms with Crippen LogP contribution in [0.1, 0.15) is 26.2 Å². The summed E-state index contributed by atoms with van der Waals surface area (Å²) in [7, 11) is 0. The lowest BCUT2D eigenvalue weighted by atomic mass is 10.1. The van der Waals surface area contributed by atoms with Crippen LogP contribution in [0.3, 0.4) is 0 Å². The van der Waals surface area contributed by atoms with Crippen molar-refractivity contribution >= 4 is 5.82 Å². The summed E-state index contributed by atoms with van der Waals surface area (Å²) in [6, 6.07) is 3.87. The Morgan fingerprint density at radius 2 is 2.18 bits per heavy atom. The summed E-state index contributed by atoms with van der Waals surface area (Å²) >= 11 is 0. The van der Waals surface area contributed by atoms with E-state index in [2.05, 4.69) is 27.3 Å². The molecule has 0 spiro atoms. The molecule has 0 aliphatic carbocycles. The van der Waals surface area contributed by atoms with E-state index < -0.39 is 0 Å². The van der Waals surface area contributed by atoms with Crippen molar-refractivity contribution in [3.05, 3.63) is 18.3 Å². The third kappa shape index (κ3) is 4.30. The van der Waals surface area contributed by atoms with Crippen molar-refractivity contribution in [2.24, 2.45) is 5.92 Å². The Labute approximate surface area is 103 Å². The Morgan fingerprint density at radius 1 is 1.35 bits per heavy atom. The molecule has 2 rings (SSSR count). The van der Waals surface area contributed by atoms with Crippen LogP contribution in [0.5, 0.6) is 0 Å². The number of nitrogens with zero attached hydrogens (tertiary/aromatic N) is 3. The number of hydrogen-bond donors (Lipinski definition) is 1. The van der Waals surface area contributed by atoms with Gasteiger partial charge in [-0.2, -0.15) is 5.10 Å². The smallest absolute Gasteiger partial charge is 0.148 e. The quantitative estimate of drug-likeness (QED) is 0.846. The molecule has 1 aliphatic rings. The molecular formula is C13H22N4. The van der Waals surface area contributed by atoms with Crippen LogP contribution < -0.4 is 5.32 Å². The first-order valence-corrected chi connectivity index (χ1v) is 6.58. The third-order valence-corrected chi connectivity index (χ3v) is 3.22. The fraction of sp³-hybridized carbons (Fsp3) is 0.692. The molecule has 4 heteroatoms. The Kier molecular flexibility index (Phi) is 4.74. The summed E-state index contributed by atoms with van der Waals surface area (Å²) in [6.45, 7) is 6.99. The Morgan fingerprint density at radius 3 is 2.88 bits per heavy atom. The van der Waals surface area contributed by atoms with E-state index in [1.54, 1.807) is 6.20 Å². The molecule has 1 fully saturated rings. The van der Waals surface area contributed by atoms with E-state index in [0.717, 1.165) is 12.4 Å². The van der Waals surface area contributed by atoms with Gasteiger partial charge in [0.15, 0.2) is 0 Å². The molecule has 0 saturated carbocycles. The zero-order chi connectivity index (χ0) is 11.9. The topological polar surface area (TPSA) is 41.1 Å². The van der Waals surface area contributed by atoms with Crippen LogP contribution in [0.25, 0.3) is 0 Å². The van der Waals surface area contributed by atoms with Gasteiger partial charge >= 0.3 is 0 Å². The normalized spacial score (nSPS) is 18.9. The number of hydrogen-bond acceptors (Lipinski definition) is 4. The summed E-state index contributed by atoms with van der Waals surface area (Å²) in [5, 5.41) is 11.2. The van der Waals surface area contributed by atoms with Crippen molar-refractivity contribution in [2.75, 3.05) is 31.5 Å². The van der Waals surface area contributed by atoms with Crippen LogP contribution in [0.15, 0.2) is 18.3 Å². The van der Waals surface area contributed by atoms with E-state index in [9.17, 15) is 0 Å². The average molecular weight is 234 g/mol. The standard InChI is InChI=1S/C13H22N4/c1-12(11-17-8-3-2-4-9-17)10-14-13-6-5-7-15-16-13/h5-7,12H,2-4,8-11H2,1H3,(H,14,16). The van der Waals surface area contributed by atoms with Gasteiger partial charge < -0.3 is 10.2 Å². The molecule has 1 aromatic heterocycles. The second-order valence-corrected chi connectivity index (χ2v) is 4.96. The lowest BCUT2D eigenvalue weighted by Crippen LogP contribution is -2.35. The highest BCUT2D eigenvalue weighted by Crippen LogP contribution is 2.11. The molecule has 0 aromatic carbocycles. The Hall–Kier alpha value is -1.16. The van der Waals surface area contributed by atoms with Gasteiger partial charge in [-0.05, 0) is 44.0 Å². The number of nitrogens with one attached hydrogen (secondary N) is 1. The largest absolute Gasteiger partial charge is 0.368 e. The second kappa shape index (κ2) is 6.55. The molecule has 1 N–H and O–H groups in total. The summed E-state index contributed by atoms with van der Waals surface area (Å²) in [5.74, 6) is 1.52. The summed E-state index contributed by atoms with van der Waals surface area (Å²) < 4.78 is 0. The zero-order valence-corrected chi connectivity index (χ0v) is 10.6. The lowest BCUT2D eigenvalue weighted by molar-refractivity contribution is 0.204. The predicted molar refractivity (Wildman–Crippen MR) is 70.0 cm³/mol. The minimum Gasteiger partial charge on any atom is -0.368 e. The maximum Gasteiger partial charge on any atom is 0.148 e. The van der Waals surface area contributed by atoms with Gasteiger partial charge in [-0.15, -0.1) is 5.10 Å². The van der Waals surface area contributed by atoms with E-state index in [1.165, 1.54) is 38.9 Å². The molecule has 4 nitrogen and oxygen atoms in total. The van der Waals surface area contributed by atoms with Crippen LogP contribution in [0, 0.1) is 5.92 Å². The third-order valence-electron chi connectivity index (χ3n) is 3.22. The van der Waals surface area contributed by atoms with Gasteiger partial charge in [-0.3, -0.25) is 0 Å². The number of anilines is 1. The van der Waals surface area contributed by atoms with Crippen LogP contribution in [-0.2, 0) is 0 Å². The van der Waals surface area contributed by atoms with Gasteiger partial charge in [0.1, 0.15) is 5.82 Å². The van der Waals surface area contributed by atoms with Crippen LogP contribution in [0.4, 0.5) is 5.82 Å². The van der Waals surface area contributed by atoms with Gasteiger partial charge in [-0.25, -0.2) is 0 Å². The van der Waals surface area contributed by atoms with Crippen LogP contribution in [0.2, 0.25) is 0 Å². The molecule has 0 amide bonds. The molecular weight excluding hydrogens is 212 g/mol. The average Bonchev–Trinajstić information content (AvgIpc) is 2.39. The van der Waals surface area contributed by atoms with Gasteiger partial charge in [0.2, 0.25) is 0 Å². The summed E-state index contributed by atoms with van der Waals surface area (Å²) in [5.41, 5.74) is 0. The summed E-state index contributed by atoms with van der Waals surface area (Å²) in [6.07, 6.45) is 5.83. The maximum atomic E-state index is 4.02. The molecule has 0 radical (unpaired) electrons. The zero-order valence-electron chi connectivity index (χ0n) is 10.6. The number of likely N-dealkylation sites (tertiary alicyclic amines) is 1. The van der Waals surface area contributed by atoms with Gasteiger partial charge in [0.05, 0.1) is 0 Å². The molecule has 2 heterocycles. The van der Waals surface area contributed by atoms with Gasteiger partial charge in [0, 0.05) is 19.3 Å². The van der Waals surface area contributed by atoms with Crippen molar-refractivity contribution < 1.29 is 0 Å². The molecule has 17 heavy (non-hydrogen) atoms. The second-order valence-electron chi connectivity index (χ2n) is 4.96. The highest BCUT2D eigenvalue weighted by molar-refractivity contribution is 5.31. The molecule has 1 saturated heterocycles. The first-order chi connectivity index (χ1) is 8.34. The van der Waals surface area contributed by atoms with E-state index in [0.29, 0.717) is 5.92 Å². The SMILES string of the molecule is CC(CNc1cccnn1)CN1CCCCC1.